The van der Waals surface area contributed by atoms with Gasteiger partial charge in [-0.25, -0.2) is 0 Å². The molecule has 0 unspecified atom stereocenters. The first-order valence-corrected chi connectivity index (χ1v) is 6.73. The smallest absolute Gasteiger partial charge is 0.134 e. The molecule has 0 radical (unpaired) electrons. The predicted octanol–water partition coefficient (Wildman–Crippen LogP) is 3.19. The summed E-state index contributed by atoms with van der Waals surface area (Å²) in [6.45, 7) is 7.08. The van der Waals surface area contributed by atoms with Gasteiger partial charge in [-0.3, -0.25) is 0 Å². The summed E-state index contributed by atoms with van der Waals surface area (Å²) in [6.07, 6.45) is 4.02. The molecule has 1 saturated carbocycles. The summed E-state index contributed by atoms with van der Waals surface area (Å²) in [6, 6.07) is 0.658. The quantitative estimate of drug-likeness (QED) is 0.641. The van der Waals surface area contributed by atoms with Crippen molar-refractivity contribution in [2.75, 3.05) is 0 Å². The van der Waals surface area contributed by atoms with E-state index in [1.807, 2.05) is 11.8 Å². The molecule has 1 aliphatic heterocycles. The van der Waals surface area contributed by atoms with Gasteiger partial charge in [0, 0.05) is 11.3 Å². The van der Waals surface area contributed by atoms with E-state index < -0.39 is 0 Å². The first-order valence-electron chi connectivity index (χ1n) is 5.44. The predicted molar refractivity (Wildman–Crippen MR) is 67.7 cm³/mol. The van der Waals surface area contributed by atoms with Crippen molar-refractivity contribution in [3.05, 3.63) is 0 Å². The third kappa shape index (κ3) is 2.08. The summed E-state index contributed by atoms with van der Waals surface area (Å²) in [7, 11) is 0. The van der Waals surface area contributed by atoms with Gasteiger partial charge in [0.25, 0.3) is 0 Å². The molecule has 0 aromatic heterocycles. The number of hydrogen-bond donors (Lipinski definition) is 1. The van der Waals surface area contributed by atoms with Gasteiger partial charge in [0.2, 0.25) is 0 Å². The lowest BCUT2D eigenvalue weighted by atomic mass is 9.71. The van der Waals surface area contributed by atoms with E-state index in [0.717, 1.165) is 15.5 Å². The Bertz CT molecular complexity index is 244. The highest BCUT2D eigenvalue weighted by Gasteiger charge is 2.40. The van der Waals surface area contributed by atoms with Crippen LogP contribution in [0.4, 0.5) is 0 Å². The lowest BCUT2D eigenvalue weighted by Gasteiger charge is -2.38. The summed E-state index contributed by atoms with van der Waals surface area (Å²) in [5.41, 5.74) is 0.460. The number of rotatable bonds is 0. The number of hydrogen-bond acceptors (Lipinski definition) is 2. The van der Waals surface area contributed by atoms with E-state index in [1.165, 1.54) is 19.3 Å². The fourth-order valence-electron chi connectivity index (χ4n) is 2.55. The molecule has 1 heterocycles. The highest BCUT2D eigenvalue weighted by atomic mass is 32.2. The molecule has 2 aliphatic rings. The zero-order valence-corrected chi connectivity index (χ0v) is 10.8. The standard InChI is InChI=1S/C11H19NS2/c1-11(2,3)7-4-5-9-8(6-7)12-10(13)14-9/h7-9H,4-6H2,1-3H3,(H,12,13)/t7-,8+,9-/m0/s1. The van der Waals surface area contributed by atoms with E-state index in [9.17, 15) is 0 Å². The monoisotopic (exact) mass is 229 g/mol. The second kappa shape index (κ2) is 3.67. The molecule has 1 aliphatic carbocycles. The van der Waals surface area contributed by atoms with Crippen molar-refractivity contribution in [1.82, 2.24) is 5.32 Å². The van der Waals surface area contributed by atoms with E-state index in [2.05, 4.69) is 26.1 Å². The summed E-state index contributed by atoms with van der Waals surface area (Å²) in [5, 5.41) is 4.22. The van der Waals surface area contributed by atoms with E-state index in [0.29, 0.717) is 11.5 Å². The highest BCUT2D eigenvalue weighted by molar-refractivity contribution is 8.23. The Balaban J connectivity index is 2.01. The topological polar surface area (TPSA) is 12.0 Å². The minimum Gasteiger partial charge on any atom is -0.367 e. The van der Waals surface area contributed by atoms with Crippen molar-refractivity contribution in [2.24, 2.45) is 11.3 Å². The Hall–Kier alpha value is 0.240. The van der Waals surface area contributed by atoms with Crippen LogP contribution in [0.3, 0.4) is 0 Å². The van der Waals surface area contributed by atoms with Crippen molar-refractivity contribution in [1.29, 1.82) is 0 Å². The second-order valence-corrected chi connectivity index (χ2v) is 7.49. The number of fused-ring (bicyclic) bond motifs is 1. The van der Waals surface area contributed by atoms with Gasteiger partial charge in [-0.05, 0) is 30.6 Å². The third-order valence-corrected chi connectivity index (χ3v) is 5.18. The van der Waals surface area contributed by atoms with Gasteiger partial charge < -0.3 is 5.32 Å². The summed E-state index contributed by atoms with van der Waals surface area (Å²) in [5.74, 6) is 0.859. The molecule has 80 valence electrons. The van der Waals surface area contributed by atoms with Crippen LogP contribution in [0.2, 0.25) is 0 Å². The molecule has 3 heteroatoms. The minimum absolute atomic E-state index is 0.460. The van der Waals surface area contributed by atoms with Gasteiger partial charge in [-0.1, -0.05) is 44.8 Å². The van der Waals surface area contributed by atoms with Crippen LogP contribution in [0.25, 0.3) is 0 Å². The highest BCUT2D eigenvalue weighted by Crippen LogP contribution is 2.43. The maximum atomic E-state index is 5.22. The molecule has 2 fully saturated rings. The van der Waals surface area contributed by atoms with Gasteiger partial charge >= 0.3 is 0 Å². The van der Waals surface area contributed by atoms with E-state index in [4.69, 9.17) is 12.2 Å². The fraction of sp³-hybridized carbons (Fsp3) is 0.909. The molecular weight excluding hydrogens is 210 g/mol. The molecule has 14 heavy (non-hydrogen) atoms. The molecule has 2 rings (SSSR count). The molecule has 1 nitrogen and oxygen atoms in total. The SMILES string of the molecule is CC(C)(C)[C@H]1CC[C@@H]2SC(=S)N[C@@H]2C1. The number of thioether (sulfide) groups is 1. The molecular formula is C11H19NS2. The zero-order chi connectivity index (χ0) is 10.3. The van der Waals surface area contributed by atoms with E-state index >= 15 is 0 Å². The van der Waals surface area contributed by atoms with Crippen LogP contribution in [0, 0.1) is 11.3 Å². The molecule has 0 bridgehead atoms. The summed E-state index contributed by atoms with van der Waals surface area (Å²) in [4.78, 5) is 0. The molecule has 1 saturated heterocycles. The van der Waals surface area contributed by atoms with Crippen molar-refractivity contribution >= 4 is 28.3 Å². The van der Waals surface area contributed by atoms with E-state index in [1.54, 1.807) is 0 Å². The van der Waals surface area contributed by atoms with Gasteiger partial charge in [-0.15, -0.1) is 0 Å². The van der Waals surface area contributed by atoms with Gasteiger partial charge in [-0.2, -0.15) is 0 Å². The molecule has 0 aromatic carbocycles. The van der Waals surface area contributed by atoms with Crippen molar-refractivity contribution in [3.63, 3.8) is 0 Å². The van der Waals surface area contributed by atoms with Gasteiger partial charge in [0.05, 0.1) is 0 Å². The Morgan fingerprint density at radius 2 is 2.07 bits per heavy atom. The van der Waals surface area contributed by atoms with Gasteiger partial charge in [0.1, 0.15) is 4.32 Å². The first kappa shape index (κ1) is 10.7. The van der Waals surface area contributed by atoms with Gasteiger partial charge in [0.15, 0.2) is 0 Å². The fourth-order valence-corrected chi connectivity index (χ4v) is 4.16. The minimum atomic E-state index is 0.460. The van der Waals surface area contributed by atoms with Crippen LogP contribution in [-0.2, 0) is 0 Å². The number of nitrogens with one attached hydrogen (secondary N) is 1. The van der Waals surface area contributed by atoms with Crippen LogP contribution in [0.5, 0.6) is 0 Å². The number of thiocarbonyl (C=S) groups is 1. The molecule has 1 N–H and O–H groups in total. The Kier molecular flexibility index (Phi) is 2.82. The normalized spacial score (nSPS) is 37.9. The van der Waals surface area contributed by atoms with Crippen molar-refractivity contribution in [2.45, 2.75) is 51.3 Å². The van der Waals surface area contributed by atoms with Crippen LogP contribution in [0.15, 0.2) is 0 Å². The van der Waals surface area contributed by atoms with Crippen LogP contribution < -0.4 is 5.32 Å². The second-order valence-electron chi connectivity index (χ2n) is 5.57. The first-order chi connectivity index (χ1) is 6.47. The molecule has 3 atom stereocenters. The van der Waals surface area contributed by atoms with Crippen molar-refractivity contribution in [3.8, 4) is 0 Å². The van der Waals surface area contributed by atoms with Crippen LogP contribution >= 0.6 is 24.0 Å². The summed E-state index contributed by atoms with van der Waals surface area (Å²) < 4.78 is 1.02. The molecule has 0 aromatic rings. The third-order valence-electron chi connectivity index (χ3n) is 3.57. The average molecular weight is 229 g/mol. The average Bonchev–Trinajstić information content (AvgIpc) is 2.41. The lowest BCUT2D eigenvalue weighted by molar-refractivity contribution is 0.166. The molecule has 0 spiro atoms. The van der Waals surface area contributed by atoms with Crippen LogP contribution in [0.1, 0.15) is 40.0 Å². The largest absolute Gasteiger partial charge is 0.367 e. The Morgan fingerprint density at radius 3 is 2.71 bits per heavy atom. The zero-order valence-electron chi connectivity index (χ0n) is 9.17. The Labute approximate surface area is 96.4 Å². The van der Waals surface area contributed by atoms with Crippen LogP contribution in [-0.4, -0.2) is 15.6 Å². The Morgan fingerprint density at radius 1 is 1.36 bits per heavy atom. The van der Waals surface area contributed by atoms with E-state index in [-0.39, 0.29) is 0 Å². The maximum Gasteiger partial charge on any atom is 0.134 e. The lowest BCUT2D eigenvalue weighted by Crippen LogP contribution is -2.40. The van der Waals surface area contributed by atoms with Crippen molar-refractivity contribution < 1.29 is 0 Å². The summed E-state index contributed by atoms with van der Waals surface area (Å²) >= 11 is 7.10. The molecule has 0 amide bonds. The maximum absolute atomic E-state index is 5.22.